The zero-order chi connectivity index (χ0) is 22.0. The van der Waals surface area contributed by atoms with Gasteiger partial charge in [-0.1, -0.05) is 43.0 Å². The Bertz CT molecular complexity index is 941. The maximum absolute atomic E-state index is 12.5. The van der Waals surface area contributed by atoms with E-state index in [1.54, 1.807) is 18.2 Å². The van der Waals surface area contributed by atoms with E-state index >= 15 is 0 Å². The zero-order valence-corrected chi connectivity index (χ0v) is 16.8. The van der Waals surface area contributed by atoms with Crippen LogP contribution in [0.5, 0.6) is 5.75 Å². The second-order valence-corrected chi connectivity index (χ2v) is 7.87. The Kier molecular flexibility index (Phi) is 6.14. The predicted molar refractivity (Wildman–Crippen MR) is 107 cm³/mol. The average molecular weight is 419 g/mol. The summed E-state index contributed by atoms with van der Waals surface area (Å²) in [5.74, 6) is 5.48. The van der Waals surface area contributed by atoms with Gasteiger partial charge in [-0.05, 0) is 42.4 Å². The first-order chi connectivity index (χ1) is 14.1. The maximum Gasteiger partial charge on any atom is 0.573 e. The van der Waals surface area contributed by atoms with Crippen LogP contribution in [0.3, 0.4) is 0 Å². The number of alkyl halides is 3. The molecule has 160 valence electrons. The molecule has 3 rings (SSSR count). The van der Waals surface area contributed by atoms with E-state index in [-0.39, 0.29) is 12.4 Å². The van der Waals surface area contributed by atoms with E-state index in [0.29, 0.717) is 36.2 Å². The number of rotatable bonds is 5. The molecule has 1 unspecified atom stereocenters. The quantitative estimate of drug-likeness (QED) is 0.729. The van der Waals surface area contributed by atoms with Crippen LogP contribution in [0.2, 0.25) is 0 Å². The zero-order valence-electron chi connectivity index (χ0n) is 16.8. The molecule has 2 aromatic carbocycles. The van der Waals surface area contributed by atoms with Crippen molar-refractivity contribution in [1.82, 2.24) is 4.90 Å². The molecule has 0 saturated carbocycles. The van der Waals surface area contributed by atoms with Crippen LogP contribution >= 0.6 is 0 Å². The smallest absolute Gasteiger partial charge is 0.406 e. The molecule has 1 saturated heterocycles. The predicted octanol–water partition coefficient (Wildman–Crippen LogP) is 3.51. The lowest BCUT2D eigenvalue weighted by atomic mass is 9.62. The van der Waals surface area contributed by atoms with Crippen LogP contribution in [0.1, 0.15) is 30.0 Å². The van der Waals surface area contributed by atoms with Gasteiger partial charge in [-0.25, -0.2) is 0 Å². The Morgan fingerprint density at radius 1 is 1.10 bits per heavy atom. The minimum atomic E-state index is -4.78. The molecular weight excluding hydrogens is 395 g/mol. The van der Waals surface area contributed by atoms with E-state index in [1.165, 1.54) is 24.3 Å². The first-order valence-corrected chi connectivity index (χ1v) is 9.55. The molecule has 1 heterocycles. The second kappa shape index (κ2) is 8.31. The van der Waals surface area contributed by atoms with Gasteiger partial charge in [-0.15, -0.1) is 13.2 Å². The highest BCUT2D eigenvalue weighted by molar-refractivity contribution is 5.46. The molecule has 0 spiro atoms. The molecule has 2 aromatic rings. The standard InChI is InChI=1S/C23H24F3NO3/c1-21(15-27(2)16-21)22(29,18-9-11-20(12-10-18)30-23(24,25)26)19-8-5-7-17(14-19)6-3-4-13-28/h5,7-12,14,28-29H,4,13,15-16H2,1-2H3. The number of hydrogen-bond acceptors (Lipinski definition) is 4. The summed E-state index contributed by atoms with van der Waals surface area (Å²) in [7, 11) is 1.94. The number of likely N-dealkylation sites (tertiary alicyclic amines) is 1. The minimum Gasteiger partial charge on any atom is -0.406 e. The Morgan fingerprint density at radius 3 is 2.33 bits per heavy atom. The third kappa shape index (κ3) is 4.46. The van der Waals surface area contributed by atoms with Gasteiger partial charge in [0.15, 0.2) is 0 Å². The maximum atomic E-state index is 12.5. The lowest BCUT2D eigenvalue weighted by Gasteiger charge is -2.56. The van der Waals surface area contributed by atoms with Gasteiger partial charge in [0.1, 0.15) is 11.4 Å². The van der Waals surface area contributed by atoms with Crippen molar-refractivity contribution in [3.8, 4) is 17.6 Å². The Balaban J connectivity index is 2.04. The lowest BCUT2D eigenvalue weighted by molar-refractivity contribution is -0.274. The normalized spacial score (nSPS) is 18.0. The summed E-state index contributed by atoms with van der Waals surface area (Å²) < 4.78 is 41.5. The van der Waals surface area contributed by atoms with Crippen LogP contribution < -0.4 is 4.74 Å². The summed E-state index contributed by atoms with van der Waals surface area (Å²) in [6.45, 7) is 3.15. The monoisotopic (exact) mass is 419 g/mol. The minimum absolute atomic E-state index is 0.0343. The van der Waals surface area contributed by atoms with Crippen molar-refractivity contribution in [2.24, 2.45) is 5.41 Å². The highest BCUT2D eigenvalue weighted by Gasteiger charge is 2.55. The van der Waals surface area contributed by atoms with Crippen LogP contribution in [0.25, 0.3) is 0 Å². The van der Waals surface area contributed by atoms with Crippen LogP contribution in [0.4, 0.5) is 13.2 Å². The molecule has 2 N–H and O–H groups in total. The number of nitrogens with zero attached hydrogens (tertiary/aromatic N) is 1. The van der Waals surface area contributed by atoms with Gasteiger partial charge in [0, 0.05) is 30.5 Å². The number of aliphatic hydroxyl groups is 2. The van der Waals surface area contributed by atoms with Crippen molar-refractivity contribution >= 4 is 0 Å². The van der Waals surface area contributed by atoms with E-state index in [4.69, 9.17) is 5.11 Å². The van der Waals surface area contributed by atoms with Crippen LogP contribution in [0, 0.1) is 17.3 Å². The van der Waals surface area contributed by atoms with Crippen molar-refractivity contribution < 1.29 is 28.1 Å². The fourth-order valence-corrected chi connectivity index (χ4v) is 4.18. The van der Waals surface area contributed by atoms with Crippen molar-refractivity contribution in [3.05, 3.63) is 65.2 Å². The molecule has 0 radical (unpaired) electrons. The molecule has 4 nitrogen and oxygen atoms in total. The summed E-state index contributed by atoms with van der Waals surface area (Å²) in [4.78, 5) is 2.07. The fraction of sp³-hybridized carbons (Fsp3) is 0.391. The van der Waals surface area contributed by atoms with Gasteiger partial charge in [0.05, 0.1) is 6.61 Å². The van der Waals surface area contributed by atoms with Crippen molar-refractivity contribution in [2.45, 2.75) is 25.3 Å². The summed E-state index contributed by atoms with van der Waals surface area (Å²) in [5, 5.41) is 20.9. The summed E-state index contributed by atoms with van der Waals surface area (Å²) >= 11 is 0. The van der Waals surface area contributed by atoms with E-state index in [0.717, 1.165) is 0 Å². The SMILES string of the molecule is CN1CC(C)(C(O)(c2ccc(OC(F)(F)F)cc2)c2cccc(C#CCCO)c2)C1. The molecule has 30 heavy (non-hydrogen) atoms. The van der Waals surface area contributed by atoms with E-state index in [2.05, 4.69) is 21.5 Å². The highest BCUT2D eigenvalue weighted by Crippen LogP contribution is 2.50. The molecule has 1 fully saturated rings. The van der Waals surface area contributed by atoms with Crippen molar-refractivity contribution in [2.75, 3.05) is 26.7 Å². The van der Waals surface area contributed by atoms with Gasteiger partial charge < -0.3 is 19.8 Å². The molecule has 1 aliphatic heterocycles. The highest BCUT2D eigenvalue weighted by atomic mass is 19.4. The summed E-state index contributed by atoms with van der Waals surface area (Å²) in [6.07, 6.45) is -4.43. The molecule has 0 aliphatic carbocycles. The Hall–Kier alpha value is -2.53. The number of ether oxygens (including phenoxy) is 1. The Labute approximate surface area is 173 Å². The number of benzene rings is 2. The second-order valence-electron chi connectivity index (χ2n) is 7.87. The summed E-state index contributed by atoms with van der Waals surface area (Å²) in [5.41, 5.74) is -0.213. The van der Waals surface area contributed by atoms with E-state index in [1.807, 2.05) is 20.0 Å². The number of aliphatic hydroxyl groups excluding tert-OH is 1. The number of halogens is 3. The molecule has 1 aliphatic rings. The topological polar surface area (TPSA) is 52.9 Å². The molecule has 1 atom stereocenters. The molecular formula is C23H24F3NO3. The van der Waals surface area contributed by atoms with E-state index < -0.39 is 17.4 Å². The average Bonchev–Trinajstić information content (AvgIpc) is 2.66. The molecule has 7 heteroatoms. The lowest BCUT2D eigenvalue weighted by Crippen LogP contribution is -2.63. The Morgan fingerprint density at radius 2 is 1.77 bits per heavy atom. The van der Waals surface area contributed by atoms with Gasteiger partial charge in [-0.2, -0.15) is 0 Å². The summed E-state index contributed by atoms with van der Waals surface area (Å²) in [6, 6.07) is 12.5. The van der Waals surface area contributed by atoms with Gasteiger partial charge in [0.2, 0.25) is 0 Å². The van der Waals surface area contributed by atoms with Gasteiger partial charge in [-0.3, -0.25) is 0 Å². The fourth-order valence-electron chi connectivity index (χ4n) is 4.18. The van der Waals surface area contributed by atoms with Gasteiger partial charge in [0.25, 0.3) is 0 Å². The number of hydrogen-bond donors (Lipinski definition) is 2. The van der Waals surface area contributed by atoms with E-state index in [9.17, 15) is 18.3 Å². The molecule has 0 amide bonds. The molecule has 0 aromatic heterocycles. The first-order valence-electron chi connectivity index (χ1n) is 9.55. The van der Waals surface area contributed by atoms with Crippen molar-refractivity contribution in [3.63, 3.8) is 0 Å². The third-order valence-corrected chi connectivity index (χ3v) is 5.37. The van der Waals surface area contributed by atoms with Gasteiger partial charge >= 0.3 is 6.36 Å². The van der Waals surface area contributed by atoms with Crippen LogP contribution in [0.15, 0.2) is 48.5 Å². The largest absolute Gasteiger partial charge is 0.573 e. The first kappa shape index (κ1) is 22.2. The van der Waals surface area contributed by atoms with Crippen LogP contribution in [-0.2, 0) is 5.60 Å². The van der Waals surface area contributed by atoms with Crippen LogP contribution in [-0.4, -0.2) is 48.2 Å². The van der Waals surface area contributed by atoms with Crippen molar-refractivity contribution in [1.29, 1.82) is 0 Å². The third-order valence-electron chi connectivity index (χ3n) is 5.37. The molecule has 0 bridgehead atoms.